The number of hydrogen-bond acceptors (Lipinski definition) is 4. The quantitative estimate of drug-likeness (QED) is 0.126. The molecule has 0 bridgehead atoms. The molecular formula is C26H57NO3Si. The fourth-order valence-corrected chi connectivity index (χ4v) is 7.39. The van der Waals surface area contributed by atoms with Crippen molar-refractivity contribution in [1.29, 1.82) is 0 Å². The lowest BCUT2D eigenvalue weighted by Crippen LogP contribution is -2.71. The lowest BCUT2D eigenvalue weighted by Gasteiger charge is -2.44. The van der Waals surface area contributed by atoms with Crippen LogP contribution in [0.4, 0.5) is 0 Å². The second-order valence-electron chi connectivity index (χ2n) is 9.76. The number of rotatable bonds is 23. The number of nitrogens with one attached hydrogen (secondary N) is 1. The van der Waals surface area contributed by atoms with Gasteiger partial charge in [0.15, 0.2) is 0 Å². The van der Waals surface area contributed by atoms with Crippen molar-refractivity contribution >= 4 is 8.80 Å². The average molecular weight is 460 g/mol. The molecule has 0 amide bonds. The van der Waals surface area contributed by atoms with E-state index in [0.717, 1.165) is 6.54 Å². The molecule has 0 heterocycles. The van der Waals surface area contributed by atoms with E-state index in [0.29, 0.717) is 5.92 Å². The van der Waals surface area contributed by atoms with Crippen molar-refractivity contribution in [2.75, 3.05) is 27.9 Å². The van der Waals surface area contributed by atoms with Crippen LogP contribution in [0.15, 0.2) is 0 Å². The zero-order chi connectivity index (χ0) is 23.4. The Morgan fingerprint density at radius 1 is 0.613 bits per heavy atom. The van der Waals surface area contributed by atoms with E-state index in [1.165, 1.54) is 103 Å². The van der Waals surface area contributed by atoms with Gasteiger partial charge in [-0.25, -0.2) is 0 Å². The molecule has 0 aromatic heterocycles. The molecule has 0 saturated heterocycles. The molecule has 0 aromatic rings. The van der Waals surface area contributed by atoms with Gasteiger partial charge < -0.3 is 18.6 Å². The summed E-state index contributed by atoms with van der Waals surface area (Å²) < 4.78 is 17.3. The van der Waals surface area contributed by atoms with Gasteiger partial charge in [0.05, 0.1) is 5.16 Å². The summed E-state index contributed by atoms with van der Waals surface area (Å²) in [6.07, 6.45) is 22.4. The largest absolute Gasteiger partial charge is 0.521 e. The Morgan fingerprint density at radius 3 is 1.23 bits per heavy atom. The van der Waals surface area contributed by atoms with Crippen LogP contribution in [0, 0.1) is 5.92 Å². The average Bonchev–Trinajstić information content (AvgIpc) is 2.77. The summed E-state index contributed by atoms with van der Waals surface area (Å²) in [6, 6.07) is 0. The highest BCUT2D eigenvalue weighted by atomic mass is 28.4. The Labute approximate surface area is 197 Å². The van der Waals surface area contributed by atoms with Crippen molar-refractivity contribution in [1.82, 2.24) is 5.32 Å². The van der Waals surface area contributed by atoms with E-state index in [-0.39, 0.29) is 5.16 Å². The van der Waals surface area contributed by atoms with Gasteiger partial charge in [-0.15, -0.1) is 0 Å². The predicted octanol–water partition coefficient (Wildman–Crippen LogP) is 7.67. The SMILES string of the molecule is CCCCCCCCCCCCCCCCCCNC(C)(C(C)C)[Si](OC)(OC)OC. The molecule has 0 aromatic carbocycles. The van der Waals surface area contributed by atoms with Crippen LogP contribution < -0.4 is 5.32 Å². The van der Waals surface area contributed by atoms with Gasteiger partial charge in [0.25, 0.3) is 0 Å². The topological polar surface area (TPSA) is 39.7 Å². The highest BCUT2D eigenvalue weighted by Gasteiger charge is 2.58. The first kappa shape index (κ1) is 31.1. The third-order valence-electron chi connectivity index (χ3n) is 7.12. The van der Waals surface area contributed by atoms with Crippen LogP contribution in [0.5, 0.6) is 0 Å². The van der Waals surface area contributed by atoms with Gasteiger partial charge >= 0.3 is 8.80 Å². The van der Waals surface area contributed by atoms with Crippen LogP contribution in [0.2, 0.25) is 0 Å². The molecule has 1 atom stereocenters. The summed E-state index contributed by atoms with van der Waals surface area (Å²) in [4.78, 5) is 0. The third-order valence-corrected chi connectivity index (χ3v) is 10.8. The molecule has 1 unspecified atom stereocenters. The molecule has 0 fully saturated rings. The maximum absolute atomic E-state index is 5.78. The zero-order valence-electron chi connectivity index (χ0n) is 22.3. The van der Waals surface area contributed by atoms with Gasteiger partial charge in [-0.2, -0.15) is 0 Å². The molecule has 31 heavy (non-hydrogen) atoms. The Balaban J connectivity index is 3.70. The standard InChI is InChI=1S/C26H57NO3Si/c1-8-9-10-11-12-13-14-15-16-17-18-19-20-21-22-23-24-27-26(4,25(2)3)31(28-5,29-6)30-7/h25,27H,8-24H2,1-7H3. The summed E-state index contributed by atoms with van der Waals surface area (Å²) in [6.45, 7) is 9.88. The normalized spacial score (nSPS) is 14.3. The summed E-state index contributed by atoms with van der Waals surface area (Å²) >= 11 is 0. The first-order valence-corrected chi connectivity index (χ1v) is 15.1. The Bertz CT molecular complexity index is 383. The van der Waals surface area contributed by atoms with E-state index >= 15 is 0 Å². The van der Waals surface area contributed by atoms with Crippen LogP contribution in [0.1, 0.15) is 130 Å². The predicted molar refractivity (Wildman–Crippen MR) is 138 cm³/mol. The van der Waals surface area contributed by atoms with Crippen LogP contribution in [0.25, 0.3) is 0 Å². The highest BCUT2D eigenvalue weighted by Crippen LogP contribution is 2.30. The van der Waals surface area contributed by atoms with Crippen molar-refractivity contribution < 1.29 is 13.3 Å². The van der Waals surface area contributed by atoms with Gasteiger partial charge in [-0.3, -0.25) is 0 Å². The second kappa shape index (κ2) is 19.5. The van der Waals surface area contributed by atoms with Gasteiger partial charge in [0.1, 0.15) is 0 Å². The van der Waals surface area contributed by atoms with E-state index in [1.807, 2.05) is 0 Å². The molecule has 0 radical (unpaired) electrons. The third kappa shape index (κ3) is 12.2. The monoisotopic (exact) mass is 459 g/mol. The smallest absolute Gasteiger partial charge is 0.376 e. The first-order chi connectivity index (χ1) is 14.9. The lowest BCUT2D eigenvalue weighted by atomic mass is 10.0. The zero-order valence-corrected chi connectivity index (χ0v) is 23.3. The molecule has 4 nitrogen and oxygen atoms in total. The number of hydrogen-bond donors (Lipinski definition) is 1. The summed E-state index contributed by atoms with van der Waals surface area (Å²) in [5.41, 5.74) is 0. The fourth-order valence-electron chi connectivity index (χ4n) is 4.57. The molecule has 0 rings (SSSR count). The van der Waals surface area contributed by atoms with Crippen LogP contribution in [-0.2, 0) is 13.3 Å². The Morgan fingerprint density at radius 2 is 0.935 bits per heavy atom. The maximum Gasteiger partial charge on any atom is 0.521 e. The molecule has 0 aliphatic carbocycles. The minimum Gasteiger partial charge on any atom is -0.376 e. The minimum atomic E-state index is -2.76. The Kier molecular flexibility index (Phi) is 19.6. The first-order valence-electron chi connectivity index (χ1n) is 13.3. The van der Waals surface area contributed by atoms with Gasteiger partial charge in [0, 0.05) is 21.3 Å². The van der Waals surface area contributed by atoms with E-state index < -0.39 is 8.80 Å². The molecule has 188 valence electrons. The van der Waals surface area contributed by atoms with Crippen molar-refractivity contribution in [2.24, 2.45) is 5.92 Å². The van der Waals surface area contributed by atoms with E-state index in [9.17, 15) is 0 Å². The van der Waals surface area contributed by atoms with Crippen molar-refractivity contribution in [2.45, 2.75) is 136 Å². The van der Waals surface area contributed by atoms with Crippen molar-refractivity contribution in [3.8, 4) is 0 Å². The second-order valence-corrected chi connectivity index (χ2v) is 13.1. The van der Waals surface area contributed by atoms with E-state index in [4.69, 9.17) is 13.3 Å². The van der Waals surface area contributed by atoms with E-state index in [2.05, 4.69) is 33.0 Å². The molecule has 0 aliphatic heterocycles. The van der Waals surface area contributed by atoms with Crippen LogP contribution >= 0.6 is 0 Å². The highest BCUT2D eigenvalue weighted by molar-refractivity contribution is 6.64. The minimum absolute atomic E-state index is 0.277. The molecular weight excluding hydrogens is 402 g/mol. The molecule has 5 heteroatoms. The summed E-state index contributed by atoms with van der Waals surface area (Å²) in [5, 5.41) is 3.45. The van der Waals surface area contributed by atoms with Crippen molar-refractivity contribution in [3.05, 3.63) is 0 Å². The molecule has 0 spiro atoms. The maximum atomic E-state index is 5.78. The summed E-state index contributed by atoms with van der Waals surface area (Å²) in [7, 11) is 2.36. The number of unbranched alkanes of at least 4 members (excludes halogenated alkanes) is 15. The van der Waals surface area contributed by atoms with E-state index in [1.54, 1.807) is 21.3 Å². The molecule has 0 saturated carbocycles. The lowest BCUT2D eigenvalue weighted by molar-refractivity contribution is 0.0716. The van der Waals surface area contributed by atoms with Gasteiger partial charge in [-0.1, -0.05) is 117 Å². The molecule has 1 N–H and O–H groups in total. The van der Waals surface area contributed by atoms with Crippen LogP contribution in [-0.4, -0.2) is 41.8 Å². The summed E-state index contributed by atoms with van der Waals surface area (Å²) in [5.74, 6) is 0.361. The van der Waals surface area contributed by atoms with Gasteiger partial charge in [0.2, 0.25) is 0 Å². The molecule has 0 aliphatic rings. The Hall–Kier alpha value is 0.0569. The fraction of sp³-hybridized carbons (Fsp3) is 1.00. The van der Waals surface area contributed by atoms with Gasteiger partial charge in [-0.05, 0) is 25.8 Å². The van der Waals surface area contributed by atoms with Crippen molar-refractivity contribution in [3.63, 3.8) is 0 Å². The van der Waals surface area contributed by atoms with Crippen LogP contribution in [0.3, 0.4) is 0 Å².